The summed E-state index contributed by atoms with van der Waals surface area (Å²) in [5, 5.41) is 2.89. The molecule has 2 aromatic carbocycles. The van der Waals surface area contributed by atoms with Gasteiger partial charge in [-0.1, -0.05) is 48.9 Å². The van der Waals surface area contributed by atoms with Gasteiger partial charge in [0.15, 0.2) is 5.78 Å². The van der Waals surface area contributed by atoms with E-state index in [4.69, 9.17) is 0 Å². The molecule has 0 saturated carbocycles. The number of amides is 2. The number of Topliss-reactive ketones (excluding diaryl/α,β-unsaturated/α-hetero) is 1. The van der Waals surface area contributed by atoms with E-state index in [1.807, 2.05) is 45.0 Å². The molecule has 1 N–H and O–H groups in total. The first-order chi connectivity index (χ1) is 16.3. The van der Waals surface area contributed by atoms with Gasteiger partial charge in [0.2, 0.25) is 21.8 Å². The fraction of sp³-hybridized carbons (Fsp3) is 0.423. The van der Waals surface area contributed by atoms with Crippen molar-refractivity contribution in [2.75, 3.05) is 17.1 Å². The zero-order valence-corrected chi connectivity index (χ0v) is 22.1. The normalized spacial score (nSPS) is 13.0. The van der Waals surface area contributed by atoms with Crippen molar-refractivity contribution in [3.05, 3.63) is 65.2 Å². The third-order valence-electron chi connectivity index (χ3n) is 5.82. The number of carbonyl (C=O) groups excluding carboxylic acids is 3. The number of anilines is 1. The molecular weight excluding hydrogens is 466 g/mol. The standard InChI is InChI=1S/C26H35N3O5S/c1-7-19(3)27-26(32)20(4)28(16-22-11-8-10-18(2)14-22)25(31)17-29(35(6,33)34)24-13-9-12-23(15-24)21(5)30/h8-15,19-20H,7,16-17H2,1-6H3,(H,27,32)/t19-,20-/m0/s1. The van der Waals surface area contributed by atoms with Crippen LogP contribution in [0.25, 0.3) is 0 Å². The molecule has 2 aromatic rings. The first-order valence-corrected chi connectivity index (χ1v) is 13.4. The molecule has 190 valence electrons. The van der Waals surface area contributed by atoms with Crippen LogP contribution in [0.3, 0.4) is 0 Å². The molecule has 8 nitrogen and oxygen atoms in total. The van der Waals surface area contributed by atoms with Crippen molar-refractivity contribution in [1.82, 2.24) is 10.2 Å². The average Bonchev–Trinajstić information content (AvgIpc) is 2.79. The van der Waals surface area contributed by atoms with Crippen LogP contribution in [-0.4, -0.2) is 55.8 Å². The molecule has 0 aliphatic rings. The number of hydrogen-bond acceptors (Lipinski definition) is 5. The van der Waals surface area contributed by atoms with Gasteiger partial charge in [-0.25, -0.2) is 8.42 Å². The van der Waals surface area contributed by atoms with Gasteiger partial charge in [-0.2, -0.15) is 0 Å². The summed E-state index contributed by atoms with van der Waals surface area (Å²) in [6, 6.07) is 12.8. The van der Waals surface area contributed by atoms with Crippen LogP contribution in [-0.2, 0) is 26.2 Å². The van der Waals surface area contributed by atoms with Gasteiger partial charge in [0.1, 0.15) is 12.6 Å². The minimum atomic E-state index is -3.86. The van der Waals surface area contributed by atoms with Crippen molar-refractivity contribution < 1.29 is 22.8 Å². The molecule has 9 heteroatoms. The lowest BCUT2D eigenvalue weighted by Gasteiger charge is -2.32. The van der Waals surface area contributed by atoms with Crippen molar-refractivity contribution in [3.63, 3.8) is 0 Å². The Bertz CT molecular complexity index is 1180. The summed E-state index contributed by atoms with van der Waals surface area (Å²) in [6.07, 6.45) is 1.74. The second kappa shape index (κ2) is 12.0. The van der Waals surface area contributed by atoms with Crippen LogP contribution in [0.5, 0.6) is 0 Å². The van der Waals surface area contributed by atoms with Gasteiger partial charge in [0, 0.05) is 18.2 Å². The minimum absolute atomic E-state index is 0.0669. The van der Waals surface area contributed by atoms with Gasteiger partial charge in [0.25, 0.3) is 0 Å². The Hall–Kier alpha value is -3.20. The molecule has 0 radical (unpaired) electrons. The lowest BCUT2D eigenvalue weighted by Crippen LogP contribution is -2.52. The van der Waals surface area contributed by atoms with E-state index in [0.29, 0.717) is 5.56 Å². The quantitative estimate of drug-likeness (QED) is 0.476. The summed E-state index contributed by atoms with van der Waals surface area (Å²) in [5.41, 5.74) is 2.37. The molecule has 0 spiro atoms. The Morgan fingerprint density at radius 3 is 2.26 bits per heavy atom. The van der Waals surface area contributed by atoms with E-state index in [0.717, 1.165) is 28.1 Å². The topological polar surface area (TPSA) is 104 Å². The van der Waals surface area contributed by atoms with Gasteiger partial charge in [0.05, 0.1) is 11.9 Å². The maximum Gasteiger partial charge on any atom is 0.244 e. The van der Waals surface area contributed by atoms with Gasteiger partial charge in [-0.3, -0.25) is 18.7 Å². The molecule has 35 heavy (non-hydrogen) atoms. The molecule has 0 fully saturated rings. The summed E-state index contributed by atoms with van der Waals surface area (Å²) in [5.74, 6) is -1.06. The third-order valence-corrected chi connectivity index (χ3v) is 6.96. The Labute approximate surface area is 208 Å². The monoisotopic (exact) mass is 501 g/mol. The van der Waals surface area contributed by atoms with Crippen LogP contribution in [0.4, 0.5) is 5.69 Å². The van der Waals surface area contributed by atoms with Crippen molar-refractivity contribution in [3.8, 4) is 0 Å². The van der Waals surface area contributed by atoms with Crippen molar-refractivity contribution in [2.45, 2.75) is 59.7 Å². The Morgan fingerprint density at radius 2 is 1.69 bits per heavy atom. The summed E-state index contributed by atoms with van der Waals surface area (Å²) in [7, 11) is -3.86. The van der Waals surface area contributed by atoms with E-state index in [9.17, 15) is 22.8 Å². The minimum Gasteiger partial charge on any atom is -0.352 e. The Balaban J connectivity index is 2.43. The van der Waals surface area contributed by atoms with Gasteiger partial charge in [-0.15, -0.1) is 0 Å². The molecule has 2 amide bonds. The molecule has 2 atom stereocenters. The number of ketones is 1. The molecule has 0 saturated heterocycles. The van der Waals surface area contributed by atoms with Gasteiger partial charge in [-0.05, 0) is 51.8 Å². The lowest BCUT2D eigenvalue weighted by molar-refractivity contribution is -0.139. The number of aryl methyl sites for hydroxylation is 1. The number of carbonyl (C=O) groups is 3. The highest BCUT2D eigenvalue weighted by atomic mass is 32.2. The number of sulfonamides is 1. The Kier molecular flexibility index (Phi) is 9.59. The van der Waals surface area contributed by atoms with Crippen LogP contribution in [0.1, 0.15) is 55.6 Å². The predicted octanol–water partition coefficient (Wildman–Crippen LogP) is 3.30. The van der Waals surface area contributed by atoms with E-state index in [1.54, 1.807) is 19.1 Å². The number of rotatable bonds is 11. The number of hydrogen-bond donors (Lipinski definition) is 1. The van der Waals surface area contributed by atoms with E-state index in [2.05, 4.69) is 5.32 Å². The molecule has 0 aliphatic carbocycles. The highest BCUT2D eigenvalue weighted by molar-refractivity contribution is 7.92. The Morgan fingerprint density at radius 1 is 1.03 bits per heavy atom. The second-order valence-corrected chi connectivity index (χ2v) is 10.8. The van der Waals surface area contributed by atoms with Crippen molar-refractivity contribution in [2.24, 2.45) is 0 Å². The highest BCUT2D eigenvalue weighted by Crippen LogP contribution is 2.21. The summed E-state index contributed by atoms with van der Waals surface area (Å²) in [6.45, 7) is 8.41. The SMILES string of the molecule is CC[C@H](C)NC(=O)[C@H](C)N(Cc1cccc(C)c1)C(=O)CN(c1cccc(C(C)=O)c1)S(C)(=O)=O. The summed E-state index contributed by atoms with van der Waals surface area (Å²) >= 11 is 0. The third kappa shape index (κ3) is 7.92. The van der Waals surface area contributed by atoms with E-state index < -0.39 is 28.5 Å². The maximum absolute atomic E-state index is 13.6. The van der Waals surface area contributed by atoms with E-state index in [-0.39, 0.29) is 30.0 Å². The highest BCUT2D eigenvalue weighted by Gasteiger charge is 2.30. The molecule has 2 rings (SSSR count). The van der Waals surface area contributed by atoms with Gasteiger partial charge < -0.3 is 10.2 Å². The molecule has 0 aliphatic heterocycles. The first-order valence-electron chi connectivity index (χ1n) is 11.6. The molecular formula is C26H35N3O5S. The predicted molar refractivity (Wildman–Crippen MR) is 138 cm³/mol. The largest absolute Gasteiger partial charge is 0.352 e. The fourth-order valence-corrected chi connectivity index (χ4v) is 4.39. The lowest BCUT2D eigenvalue weighted by atomic mass is 10.1. The van der Waals surface area contributed by atoms with E-state index in [1.165, 1.54) is 24.0 Å². The molecule has 0 aromatic heterocycles. The molecule has 0 bridgehead atoms. The average molecular weight is 502 g/mol. The summed E-state index contributed by atoms with van der Waals surface area (Å²) in [4.78, 5) is 39.7. The van der Waals surface area contributed by atoms with Crippen LogP contribution in [0, 0.1) is 6.92 Å². The van der Waals surface area contributed by atoms with Crippen LogP contribution < -0.4 is 9.62 Å². The van der Waals surface area contributed by atoms with E-state index >= 15 is 0 Å². The fourth-order valence-electron chi connectivity index (χ4n) is 3.55. The molecule has 0 unspecified atom stereocenters. The first kappa shape index (κ1) is 28.0. The molecule has 0 heterocycles. The number of nitrogens with zero attached hydrogens (tertiary/aromatic N) is 2. The van der Waals surface area contributed by atoms with Crippen molar-refractivity contribution >= 4 is 33.3 Å². The van der Waals surface area contributed by atoms with Crippen LogP contribution in [0.15, 0.2) is 48.5 Å². The summed E-state index contributed by atoms with van der Waals surface area (Å²) < 4.78 is 26.3. The second-order valence-electron chi connectivity index (χ2n) is 8.88. The maximum atomic E-state index is 13.6. The van der Waals surface area contributed by atoms with Crippen LogP contribution >= 0.6 is 0 Å². The zero-order chi connectivity index (χ0) is 26.3. The van der Waals surface area contributed by atoms with Crippen molar-refractivity contribution in [1.29, 1.82) is 0 Å². The zero-order valence-electron chi connectivity index (χ0n) is 21.2. The van der Waals surface area contributed by atoms with Crippen LogP contribution in [0.2, 0.25) is 0 Å². The number of nitrogens with one attached hydrogen (secondary N) is 1. The number of benzene rings is 2. The van der Waals surface area contributed by atoms with Gasteiger partial charge >= 0.3 is 0 Å². The smallest absolute Gasteiger partial charge is 0.244 e.